The Morgan fingerprint density at radius 2 is 0.886 bits per heavy atom. The van der Waals surface area contributed by atoms with Crippen LogP contribution < -0.4 is 0 Å². The third kappa shape index (κ3) is 25.8. The van der Waals surface area contributed by atoms with Crippen molar-refractivity contribution in [2.75, 3.05) is 13.2 Å². The number of unbranched alkanes of at least 4 members (excludes halogenated alkanes) is 19. The van der Waals surface area contributed by atoms with Crippen LogP contribution in [0.2, 0.25) is 0 Å². The third-order valence-corrected chi connectivity index (χ3v) is 6.65. The second-order valence-corrected chi connectivity index (χ2v) is 10.2. The van der Waals surface area contributed by atoms with E-state index in [1.54, 1.807) is 0 Å². The second kappa shape index (κ2) is 27.5. The molecule has 0 saturated carbocycles. The maximum absolute atomic E-state index is 12.0. The van der Waals surface area contributed by atoms with Gasteiger partial charge in [0.2, 0.25) is 0 Å². The molecule has 208 valence electrons. The minimum absolute atomic E-state index is 0.0584. The molecule has 5 heteroatoms. The first kappa shape index (κ1) is 33.9. The summed E-state index contributed by atoms with van der Waals surface area (Å²) in [5, 5.41) is 9.44. The highest BCUT2D eigenvalue weighted by molar-refractivity contribution is 5.70. The quantitative estimate of drug-likeness (QED) is 0.0908. The monoisotopic (exact) mass is 498 g/mol. The number of carbonyl (C=O) groups is 2. The first-order valence-corrected chi connectivity index (χ1v) is 15.1. The Bertz CT molecular complexity index is 466. The molecule has 0 heterocycles. The van der Waals surface area contributed by atoms with E-state index in [-0.39, 0.29) is 25.2 Å². The molecule has 0 aromatic carbocycles. The van der Waals surface area contributed by atoms with Gasteiger partial charge in [-0.25, -0.2) is 0 Å². The van der Waals surface area contributed by atoms with Crippen molar-refractivity contribution in [3.05, 3.63) is 0 Å². The van der Waals surface area contributed by atoms with Crippen molar-refractivity contribution in [1.82, 2.24) is 0 Å². The van der Waals surface area contributed by atoms with Crippen molar-refractivity contribution in [1.29, 1.82) is 0 Å². The molecule has 0 saturated heterocycles. The van der Waals surface area contributed by atoms with Crippen LogP contribution in [0.25, 0.3) is 0 Å². The van der Waals surface area contributed by atoms with Crippen LogP contribution in [0.3, 0.4) is 0 Å². The van der Waals surface area contributed by atoms with Gasteiger partial charge >= 0.3 is 11.9 Å². The molecule has 1 atom stereocenters. The Labute approximate surface area is 217 Å². The molecule has 0 rings (SSSR count). The molecular weight excluding hydrogens is 440 g/mol. The molecule has 0 radical (unpaired) electrons. The first-order chi connectivity index (χ1) is 17.1. The van der Waals surface area contributed by atoms with E-state index in [0.717, 1.165) is 38.5 Å². The number of hydrogen-bond donors (Lipinski definition) is 1. The SMILES string of the molecule is CCCCCCCCCCCCCC(=O)OC[C@H](CO)OC(=O)CCCCCCCCCCCC. The van der Waals surface area contributed by atoms with Crippen LogP contribution in [0, 0.1) is 0 Å². The largest absolute Gasteiger partial charge is 0.462 e. The Kier molecular flexibility index (Phi) is 26.6. The van der Waals surface area contributed by atoms with Gasteiger partial charge in [-0.1, -0.05) is 136 Å². The molecule has 0 bridgehead atoms. The minimum atomic E-state index is -0.758. The number of esters is 2. The molecule has 0 aromatic heterocycles. The van der Waals surface area contributed by atoms with Crippen molar-refractivity contribution in [2.24, 2.45) is 0 Å². The van der Waals surface area contributed by atoms with Crippen LogP contribution >= 0.6 is 0 Å². The zero-order valence-corrected chi connectivity index (χ0v) is 23.3. The lowest BCUT2D eigenvalue weighted by Crippen LogP contribution is -2.28. The summed E-state index contributed by atoms with van der Waals surface area (Å²) in [5.41, 5.74) is 0. The molecule has 0 aliphatic carbocycles. The molecule has 35 heavy (non-hydrogen) atoms. The van der Waals surface area contributed by atoms with Gasteiger partial charge in [-0.15, -0.1) is 0 Å². The topological polar surface area (TPSA) is 72.8 Å². The zero-order valence-electron chi connectivity index (χ0n) is 23.3. The molecule has 1 N–H and O–H groups in total. The van der Waals surface area contributed by atoms with Gasteiger partial charge in [-0.2, -0.15) is 0 Å². The van der Waals surface area contributed by atoms with E-state index in [4.69, 9.17) is 9.47 Å². The van der Waals surface area contributed by atoms with E-state index < -0.39 is 6.10 Å². The lowest BCUT2D eigenvalue weighted by molar-refractivity contribution is -0.161. The first-order valence-electron chi connectivity index (χ1n) is 15.1. The number of aliphatic hydroxyl groups is 1. The van der Waals surface area contributed by atoms with Crippen LogP contribution in [0.5, 0.6) is 0 Å². The molecule has 0 amide bonds. The molecule has 0 unspecified atom stereocenters. The molecule has 0 aliphatic heterocycles. The fraction of sp³-hybridized carbons (Fsp3) is 0.933. The Hall–Kier alpha value is -1.10. The predicted molar refractivity (Wildman–Crippen MR) is 145 cm³/mol. The van der Waals surface area contributed by atoms with E-state index in [9.17, 15) is 14.7 Å². The number of hydrogen-bond acceptors (Lipinski definition) is 5. The number of aliphatic hydroxyl groups excluding tert-OH is 1. The fourth-order valence-electron chi connectivity index (χ4n) is 4.32. The van der Waals surface area contributed by atoms with Gasteiger partial charge in [0.15, 0.2) is 6.10 Å². The highest BCUT2D eigenvalue weighted by atomic mass is 16.6. The second-order valence-electron chi connectivity index (χ2n) is 10.2. The van der Waals surface area contributed by atoms with Gasteiger partial charge in [-0.3, -0.25) is 9.59 Å². The fourth-order valence-corrected chi connectivity index (χ4v) is 4.32. The molecule has 0 spiro atoms. The van der Waals surface area contributed by atoms with Crippen molar-refractivity contribution in [2.45, 2.75) is 168 Å². The van der Waals surface area contributed by atoms with Crippen LogP contribution in [0.15, 0.2) is 0 Å². The van der Waals surface area contributed by atoms with Crippen LogP contribution in [0.1, 0.15) is 162 Å². The van der Waals surface area contributed by atoms with Gasteiger partial charge in [0, 0.05) is 12.8 Å². The molecule has 5 nitrogen and oxygen atoms in total. The van der Waals surface area contributed by atoms with Gasteiger partial charge in [0.1, 0.15) is 6.61 Å². The van der Waals surface area contributed by atoms with Crippen LogP contribution in [0.4, 0.5) is 0 Å². The van der Waals surface area contributed by atoms with Crippen molar-refractivity contribution >= 4 is 11.9 Å². The number of rotatable bonds is 27. The van der Waals surface area contributed by atoms with Crippen molar-refractivity contribution in [3.63, 3.8) is 0 Å². The minimum Gasteiger partial charge on any atom is -0.462 e. The Morgan fingerprint density at radius 3 is 1.26 bits per heavy atom. The van der Waals surface area contributed by atoms with E-state index in [1.165, 1.54) is 96.3 Å². The molecule has 0 aliphatic rings. The van der Waals surface area contributed by atoms with Gasteiger partial charge < -0.3 is 14.6 Å². The highest BCUT2D eigenvalue weighted by Gasteiger charge is 2.16. The normalized spacial score (nSPS) is 12.0. The molecule has 0 aromatic rings. The number of carbonyl (C=O) groups excluding carboxylic acids is 2. The van der Waals surface area contributed by atoms with Gasteiger partial charge in [0.25, 0.3) is 0 Å². The lowest BCUT2D eigenvalue weighted by atomic mass is 10.1. The van der Waals surface area contributed by atoms with E-state index in [2.05, 4.69) is 13.8 Å². The van der Waals surface area contributed by atoms with E-state index >= 15 is 0 Å². The maximum atomic E-state index is 12.0. The smallest absolute Gasteiger partial charge is 0.306 e. The average molecular weight is 499 g/mol. The van der Waals surface area contributed by atoms with Gasteiger partial charge in [0.05, 0.1) is 6.61 Å². The van der Waals surface area contributed by atoms with E-state index in [0.29, 0.717) is 12.8 Å². The molecular formula is C30H58O5. The third-order valence-electron chi connectivity index (χ3n) is 6.65. The summed E-state index contributed by atoms with van der Waals surface area (Å²) in [6.45, 7) is 4.10. The zero-order chi connectivity index (χ0) is 25.8. The van der Waals surface area contributed by atoms with Crippen molar-refractivity contribution in [3.8, 4) is 0 Å². The lowest BCUT2D eigenvalue weighted by Gasteiger charge is -2.15. The van der Waals surface area contributed by atoms with Gasteiger partial charge in [-0.05, 0) is 12.8 Å². The standard InChI is InChI=1S/C30H58O5/c1-3-5-7-9-11-13-15-17-18-20-22-24-29(32)34-27-28(26-31)35-30(33)25-23-21-19-16-14-12-10-8-6-4-2/h28,31H,3-27H2,1-2H3/t28-/m0/s1. The average Bonchev–Trinajstić information content (AvgIpc) is 2.86. The molecule has 0 fully saturated rings. The summed E-state index contributed by atoms with van der Waals surface area (Å²) in [4.78, 5) is 23.9. The van der Waals surface area contributed by atoms with Crippen molar-refractivity contribution < 1.29 is 24.2 Å². The summed E-state index contributed by atoms with van der Waals surface area (Å²) in [6, 6.07) is 0. The Balaban J connectivity index is 3.57. The summed E-state index contributed by atoms with van der Waals surface area (Å²) in [5.74, 6) is -0.588. The maximum Gasteiger partial charge on any atom is 0.306 e. The summed E-state index contributed by atoms with van der Waals surface area (Å²) >= 11 is 0. The summed E-state index contributed by atoms with van der Waals surface area (Å²) in [6.07, 6.45) is 25.8. The predicted octanol–water partition coefficient (Wildman–Crippen LogP) is 8.45. The summed E-state index contributed by atoms with van der Waals surface area (Å²) in [7, 11) is 0. The Morgan fingerprint density at radius 1 is 0.543 bits per heavy atom. The summed E-state index contributed by atoms with van der Waals surface area (Å²) < 4.78 is 10.5. The van der Waals surface area contributed by atoms with Crippen LogP contribution in [-0.2, 0) is 19.1 Å². The van der Waals surface area contributed by atoms with E-state index in [1.807, 2.05) is 0 Å². The van der Waals surface area contributed by atoms with Crippen LogP contribution in [-0.4, -0.2) is 36.4 Å². The highest BCUT2D eigenvalue weighted by Crippen LogP contribution is 2.13. The number of ether oxygens (including phenoxy) is 2.